The maximum absolute atomic E-state index is 12.6. The van der Waals surface area contributed by atoms with Crippen LogP contribution in [0.15, 0.2) is 71.7 Å². The van der Waals surface area contributed by atoms with Gasteiger partial charge in [0.05, 0.1) is 18.6 Å². The number of alkyl halides is 3. The van der Waals surface area contributed by atoms with Crippen molar-refractivity contribution in [2.24, 2.45) is 4.99 Å². The number of aryl methyl sites for hydroxylation is 1. The van der Waals surface area contributed by atoms with Crippen LogP contribution in [-0.2, 0) is 11.2 Å². The standard InChI is InChI=1S/C29H29F3N6O4S/c1-18-15-23(41-2)11-12-24(18)38-25(39)16-43-28(38)35-27(40)33-14-13-19-3-5-20(6-4-19)26-34-17-37(36-26)21-7-9-22(10-8-21)42-29(30,31)32/h3-12,15,17,26,28,36H,13-14,16H2,1-2H3,(H2,33,35,40). The Morgan fingerprint density at radius 1 is 1.09 bits per heavy atom. The van der Waals surface area contributed by atoms with E-state index >= 15 is 0 Å². The number of thioether (sulfide) groups is 1. The first-order valence-corrected chi connectivity index (χ1v) is 14.3. The van der Waals surface area contributed by atoms with Gasteiger partial charge in [-0.3, -0.25) is 14.7 Å². The summed E-state index contributed by atoms with van der Waals surface area (Å²) in [5.41, 5.74) is 6.74. The van der Waals surface area contributed by atoms with Crippen LogP contribution in [0, 0.1) is 6.92 Å². The van der Waals surface area contributed by atoms with Crippen molar-refractivity contribution in [1.29, 1.82) is 0 Å². The molecule has 3 N–H and O–H groups in total. The van der Waals surface area contributed by atoms with E-state index in [-0.39, 0.29) is 29.6 Å². The fourth-order valence-corrected chi connectivity index (χ4v) is 5.62. The third-order valence-corrected chi connectivity index (χ3v) is 7.78. The molecule has 43 heavy (non-hydrogen) atoms. The summed E-state index contributed by atoms with van der Waals surface area (Å²) < 4.78 is 46.3. The topological polar surface area (TPSA) is 108 Å². The van der Waals surface area contributed by atoms with E-state index in [1.54, 1.807) is 29.4 Å². The van der Waals surface area contributed by atoms with Gasteiger partial charge in [-0.25, -0.2) is 9.79 Å². The molecule has 2 aliphatic rings. The lowest BCUT2D eigenvalue weighted by molar-refractivity contribution is -0.274. The van der Waals surface area contributed by atoms with Crippen molar-refractivity contribution in [2.75, 3.05) is 29.3 Å². The van der Waals surface area contributed by atoms with Crippen molar-refractivity contribution in [3.05, 3.63) is 83.4 Å². The van der Waals surface area contributed by atoms with E-state index in [4.69, 9.17) is 4.74 Å². The van der Waals surface area contributed by atoms with Gasteiger partial charge < -0.3 is 20.1 Å². The van der Waals surface area contributed by atoms with E-state index in [2.05, 4.69) is 25.8 Å². The zero-order valence-electron chi connectivity index (χ0n) is 23.2. The van der Waals surface area contributed by atoms with Crippen molar-refractivity contribution >= 4 is 41.4 Å². The lowest BCUT2D eigenvalue weighted by Gasteiger charge is -2.26. The Morgan fingerprint density at radius 3 is 2.49 bits per heavy atom. The number of carbonyl (C=O) groups is 2. The number of benzene rings is 3. The highest BCUT2D eigenvalue weighted by Gasteiger charge is 2.35. The van der Waals surface area contributed by atoms with Crippen molar-refractivity contribution in [1.82, 2.24) is 16.1 Å². The first-order chi connectivity index (χ1) is 20.6. The Hall–Kier alpha value is -4.43. The van der Waals surface area contributed by atoms with E-state index in [0.29, 0.717) is 24.4 Å². The summed E-state index contributed by atoms with van der Waals surface area (Å²) in [6, 6.07) is 18.3. The van der Waals surface area contributed by atoms with Crippen LogP contribution in [0.3, 0.4) is 0 Å². The van der Waals surface area contributed by atoms with Gasteiger partial charge in [0.2, 0.25) is 5.91 Å². The number of halogens is 3. The van der Waals surface area contributed by atoms with E-state index in [1.165, 1.54) is 36.0 Å². The number of hydrazine groups is 1. The van der Waals surface area contributed by atoms with Gasteiger partial charge in [0, 0.05) is 12.2 Å². The molecule has 2 unspecified atom stereocenters. The minimum atomic E-state index is -4.75. The largest absolute Gasteiger partial charge is 0.573 e. The van der Waals surface area contributed by atoms with Gasteiger partial charge in [0.25, 0.3) is 0 Å². The molecule has 3 aromatic carbocycles. The zero-order chi connectivity index (χ0) is 30.6. The second kappa shape index (κ2) is 12.8. The van der Waals surface area contributed by atoms with E-state index in [1.807, 2.05) is 43.3 Å². The molecule has 2 heterocycles. The first-order valence-electron chi connectivity index (χ1n) is 13.3. The molecule has 3 amide bonds. The predicted molar refractivity (Wildman–Crippen MR) is 158 cm³/mol. The molecule has 3 aromatic rings. The minimum Gasteiger partial charge on any atom is -0.497 e. The number of anilines is 2. The molecule has 5 rings (SSSR count). The molecule has 0 saturated carbocycles. The lowest BCUT2D eigenvalue weighted by atomic mass is 10.1. The van der Waals surface area contributed by atoms with Gasteiger partial charge >= 0.3 is 12.4 Å². The SMILES string of the molecule is COc1ccc(N2C(=O)CSC2NC(=O)NCCc2ccc(C3N=CN(c4ccc(OC(F)(F)F)cc4)N3)cc2)c(C)c1. The second-order valence-corrected chi connectivity index (χ2v) is 10.7. The van der Waals surface area contributed by atoms with Crippen LogP contribution in [0.1, 0.15) is 22.9 Å². The van der Waals surface area contributed by atoms with Crippen LogP contribution in [0.25, 0.3) is 0 Å². The number of hydrogen-bond donors (Lipinski definition) is 3. The fraction of sp³-hybridized carbons (Fsp3) is 0.276. The van der Waals surface area contributed by atoms with Crippen molar-refractivity contribution in [3.63, 3.8) is 0 Å². The Bertz CT molecular complexity index is 1490. The molecule has 0 bridgehead atoms. The normalized spacial score (nSPS) is 18.2. The highest BCUT2D eigenvalue weighted by atomic mass is 32.2. The monoisotopic (exact) mass is 614 g/mol. The molecule has 0 aromatic heterocycles. The van der Waals surface area contributed by atoms with Crippen LogP contribution in [-0.4, -0.2) is 49.5 Å². The number of nitrogens with zero attached hydrogens (tertiary/aromatic N) is 3. The second-order valence-electron chi connectivity index (χ2n) is 9.68. The van der Waals surface area contributed by atoms with E-state index < -0.39 is 11.9 Å². The number of hydrogen-bond acceptors (Lipinski definition) is 8. The molecule has 1 fully saturated rings. The molecule has 0 spiro atoms. The number of ether oxygens (including phenoxy) is 2. The maximum atomic E-state index is 12.6. The molecular weight excluding hydrogens is 585 g/mol. The fourth-order valence-electron chi connectivity index (χ4n) is 4.61. The first kappa shape index (κ1) is 30.0. The average Bonchev–Trinajstić information content (AvgIpc) is 3.60. The molecule has 2 atom stereocenters. The van der Waals surface area contributed by atoms with E-state index in [9.17, 15) is 22.8 Å². The van der Waals surface area contributed by atoms with Gasteiger partial charge in [0.15, 0.2) is 5.50 Å². The van der Waals surface area contributed by atoms with Gasteiger partial charge in [0.1, 0.15) is 24.0 Å². The van der Waals surface area contributed by atoms with Crippen LogP contribution in [0.4, 0.5) is 29.3 Å². The Balaban J connectivity index is 1.08. The minimum absolute atomic E-state index is 0.0821. The number of methoxy groups -OCH3 is 1. The Morgan fingerprint density at radius 2 is 1.81 bits per heavy atom. The lowest BCUT2D eigenvalue weighted by Crippen LogP contribution is -2.49. The molecule has 14 heteroatoms. The molecule has 1 saturated heterocycles. The molecule has 226 valence electrons. The summed E-state index contributed by atoms with van der Waals surface area (Å²) in [6.07, 6.45) is -2.96. The number of rotatable bonds is 9. The summed E-state index contributed by atoms with van der Waals surface area (Å²) in [5, 5.41) is 7.35. The van der Waals surface area contributed by atoms with Crippen LogP contribution in [0.5, 0.6) is 11.5 Å². The maximum Gasteiger partial charge on any atom is 0.573 e. The van der Waals surface area contributed by atoms with E-state index in [0.717, 1.165) is 22.4 Å². The van der Waals surface area contributed by atoms with Crippen LogP contribution < -0.4 is 35.4 Å². The molecule has 0 aliphatic carbocycles. The number of aliphatic imine (C=N–C) groups is 1. The summed E-state index contributed by atoms with van der Waals surface area (Å²) in [7, 11) is 1.58. The summed E-state index contributed by atoms with van der Waals surface area (Å²) in [6.45, 7) is 2.28. The van der Waals surface area contributed by atoms with Gasteiger partial charge in [-0.05, 0) is 72.5 Å². The average molecular weight is 615 g/mol. The third-order valence-electron chi connectivity index (χ3n) is 6.72. The zero-order valence-corrected chi connectivity index (χ0v) is 24.0. The van der Waals surface area contributed by atoms with Crippen LogP contribution in [0.2, 0.25) is 0 Å². The Kier molecular flexibility index (Phi) is 8.97. The number of urea groups is 1. The van der Waals surface area contributed by atoms with Crippen molar-refractivity contribution in [3.8, 4) is 11.5 Å². The molecule has 0 radical (unpaired) electrons. The van der Waals surface area contributed by atoms with Crippen LogP contribution >= 0.6 is 11.8 Å². The highest BCUT2D eigenvalue weighted by molar-refractivity contribution is 8.01. The molecular formula is C29H29F3N6O4S. The predicted octanol–water partition coefficient (Wildman–Crippen LogP) is 4.86. The number of amides is 3. The summed E-state index contributed by atoms with van der Waals surface area (Å²) in [4.78, 5) is 31.2. The number of carbonyl (C=O) groups excluding carboxylic acids is 2. The molecule has 10 nitrogen and oxygen atoms in total. The summed E-state index contributed by atoms with van der Waals surface area (Å²) in [5.74, 6) is 0.576. The van der Waals surface area contributed by atoms with Gasteiger partial charge in [-0.15, -0.1) is 24.9 Å². The van der Waals surface area contributed by atoms with Gasteiger partial charge in [-0.2, -0.15) is 5.43 Å². The summed E-state index contributed by atoms with van der Waals surface area (Å²) >= 11 is 1.35. The van der Waals surface area contributed by atoms with Crippen molar-refractivity contribution < 1.29 is 32.2 Å². The smallest absolute Gasteiger partial charge is 0.497 e. The molecule has 2 aliphatic heterocycles. The number of nitrogens with one attached hydrogen (secondary N) is 3. The van der Waals surface area contributed by atoms with Gasteiger partial charge in [-0.1, -0.05) is 24.3 Å². The quantitative estimate of drug-likeness (QED) is 0.316. The Labute approximate surface area is 250 Å². The highest BCUT2D eigenvalue weighted by Crippen LogP contribution is 2.33. The van der Waals surface area contributed by atoms with Crippen molar-refractivity contribution in [2.45, 2.75) is 31.4 Å². The third kappa shape index (κ3) is 7.51.